The highest BCUT2D eigenvalue weighted by Gasteiger charge is 2.36. The number of nitrogens with two attached hydrogens (primary N) is 1. The van der Waals surface area contributed by atoms with Crippen LogP contribution in [0.2, 0.25) is 0 Å². The highest BCUT2D eigenvalue weighted by atomic mass is 16.2. The van der Waals surface area contributed by atoms with Gasteiger partial charge in [-0.15, -0.1) is 0 Å². The minimum Gasteiger partial charge on any atom is -0.334 e. The molecule has 1 aliphatic heterocycles. The van der Waals surface area contributed by atoms with Gasteiger partial charge >= 0.3 is 0 Å². The summed E-state index contributed by atoms with van der Waals surface area (Å²) in [6, 6.07) is -0.0621. The monoisotopic (exact) mass is 292 g/mol. The number of nitrogens with zero attached hydrogens (tertiary/aromatic N) is 3. The van der Waals surface area contributed by atoms with E-state index in [-0.39, 0.29) is 18.0 Å². The van der Waals surface area contributed by atoms with Gasteiger partial charge < -0.3 is 10.6 Å². The van der Waals surface area contributed by atoms with Gasteiger partial charge in [0.05, 0.1) is 11.7 Å². The van der Waals surface area contributed by atoms with Crippen molar-refractivity contribution in [3.63, 3.8) is 0 Å². The van der Waals surface area contributed by atoms with Gasteiger partial charge in [0, 0.05) is 37.3 Å². The first kappa shape index (κ1) is 16.0. The molecule has 1 aromatic heterocycles. The fourth-order valence-electron chi connectivity index (χ4n) is 3.37. The Morgan fingerprint density at radius 3 is 2.57 bits per heavy atom. The van der Waals surface area contributed by atoms with Gasteiger partial charge in [0.25, 0.3) is 0 Å². The average Bonchev–Trinajstić information content (AvgIpc) is 2.55. The third kappa shape index (κ3) is 3.12. The fourth-order valence-corrected chi connectivity index (χ4v) is 3.37. The smallest absolute Gasteiger partial charge is 0.223 e. The molecule has 2 atom stereocenters. The van der Waals surface area contributed by atoms with E-state index in [4.69, 9.17) is 5.73 Å². The van der Waals surface area contributed by atoms with E-state index in [9.17, 15) is 4.79 Å². The summed E-state index contributed by atoms with van der Waals surface area (Å²) in [7, 11) is 1.95. The molecule has 0 bridgehead atoms. The molecule has 5 heteroatoms. The molecule has 0 aromatic carbocycles. The molecule has 5 nitrogen and oxygen atoms in total. The summed E-state index contributed by atoms with van der Waals surface area (Å²) >= 11 is 0. The lowest BCUT2D eigenvalue weighted by molar-refractivity contribution is -0.133. The van der Waals surface area contributed by atoms with Crippen LogP contribution in [-0.2, 0) is 11.8 Å². The van der Waals surface area contributed by atoms with Crippen LogP contribution in [-0.4, -0.2) is 33.2 Å². The van der Waals surface area contributed by atoms with Crippen LogP contribution in [0.1, 0.15) is 56.1 Å². The highest BCUT2D eigenvalue weighted by Crippen LogP contribution is 2.34. The lowest BCUT2D eigenvalue weighted by Crippen LogP contribution is -2.44. The van der Waals surface area contributed by atoms with Crippen LogP contribution in [0.5, 0.6) is 0 Å². The number of likely N-dealkylation sites (tertiary alicyclic amines) is 1. The van der Waals surface area contributed by atoms with Crippen LogP contribution in [0.3, 0.4) is 0 Å². The molecule has 1 saturated heterocycles. The zero-order chi connectivity index (χ0) is 15.7. The quantitative estimate of drug-likeness (QED) is 0.927. The maximum absolute atomic E-state index is 12.6. The number of aryl methyl sites for hydroxylation is 2. The molecule has 1 fully saturated rings. The predicted octanol–water partition coefficient (Wildman–Crippen LogP) is 2.07. The van der Waals surface area contributed by atoms with E-state index in [0.29, 0.717) is 12.3 Å². The first-order valence-electron chi connectivity index (χ1n) is 7.88. The minimum atomic E-state index is -0.0453. The first-order valence-corrected chi connectivity index (χ1v) is 7.88. The standard InChI is InChI=1S/C16H28N4O/c1-10(2)9-20-14(21)8-6-7-13(17)16(20)15-11(3)18-19(5)12(15)4/h10,13,16H,6-9,17H2,1-5H3. The van der Waals surface area contributed by atoms with Gasteiger partial charge in [-0.3, -0.25) is 9.48 Å². The topological polar surface area (TPSA) is 64.2 Å². The normalized spacial score (nSPS) is 23.8. The van der Waals surface area contributed by atoms with E-state index < -0.39 is 0 Å². The van der Waals surface area contributed by atoms with Gasteiger partial charge in [0.1, 0.15) is 0 Å². The van der Waals surface area contributed by atoms with Crippen molar-refractivity contribution < 1.29 is 4.79 Å². The number of carbonyl (C=O) groups is 1. The molecule has 118 valence electrons. The maximum atomic E-state index is 12.6. The lowest BCUT2D eigenvalue weighted by atomic mass is 9.94. The third-order valence-electron chi connectivity index (χ3n) is 4.41. The summed E-state index contributed by atoms with van der Waals surface area (Å²) in [6.45, 7) is 9.11. The molecule has 2 N–H and O–H groups in total. The number of amides is 1. The van der Waals surface area contributed by atoms with E-state index in [1.807, 2.05) is 23.6 Å². The van der Waals surface area contributed by atoms with Crippen LogP contribution in [0.15, 0.2) is 0 Å². The molecule has 2 rings (SSSR count). The van der Waals surface area contributed by atoms with Crippen molar-refractivity contribution in [1.29, 1.82) is 0 Å². The highest BCUT2D eigenvalue weighted by molar-refractivity contribution is 5.77. The Kier molecular flexibility index (Phi) is 4.71. The molecule has 1 aromatic rings. The summed E-state index contributed by atoms with van der Waals surface area (Å²) in [5.74, 6) is 0.656. The van der Waals surface area contributed by atoms with Gasteiger partial charge in [0.2, 0.25) is 5.91 Å². The Labute approximate surface area is 127 Å². The summed E-state index contributed by atoms with van der Waals surface area (Å²) < 4.78 is 1.89. The van der Waals surface area contributed by atoms with E-state index in [0.717, 1.165) is 36.3 Å². The van der Waals surface area contributed by atoms with Crippen molar-refractivity contribution in [1.82, 2.24) is 14.7 Å². The maximum Gasteiger partial charge on any atom is 0.223 e. The van der Waals surface area contributed by atoms with Crippen molar-refractivity contribution in [2.24, 2.45) is 18.7 Å². The Morgan fingerprint density at radius 1 is 1.38 bits per heavy atom. The van der Waals surface area contributed by atoms with E-state index in [1.165, 1.54) is 0 Å². The van der Waals surface area contributed by atoms with Crippen molar-refractivity contribution in [2.45, 2.75) is 59.0 Å². The fraction of sp³-hybridized carbons (Fsp3) is 0.750. The SMILES string of the molecule is Cc1nn(C)c(C)c1C1C(N)CCCC(=O)N1CC(C)C. The van der Waals surface area contributed by atoms with Gasteiger partial charge in [-0.2, -0.15) is 5.10 Å². The minimum absolute atomic E-state index is 0.0169. The first-order chi connectivity index (χ1) is 9.82. The van der Waals surface area contributed by atoms with E-state index in [1.54, 1.807) is 0 Å². The van der Waals surface area contributed by atoms with E-state index in [2.05, 4.69) is 25.9 Å². The molecule has 0 radical (unpaired) electrons. The summed E-state index contributed by atoms with van der Waals surface area (Å²) in [6.07, 6.45) is 2.37. The molecule has 1 aliphatic rings. The van der Waals surface area contributed by atoms with Crippen LogP contribution in [0.4, 0.5) is 0 Å². The van der Waals surface area contributed by atoms with Crippen molar-refractivity contribution in [3.05, 3.63) is 17.0 Å². The zero-order valence-electron chi connectivity index (χ0n) is 13.9. The van der Waals surface area contributed by atoms with E-state index >= 15 is 0 Å². The average molecular weight is 292 g/mol. The summed E-state index contributed by atoms with van der Waals surface area (Å²) in [5.41, 5.74) is 9.69. The molecule has 0 saturated carbocycles. The second-order valence-electron chi connectivity index (χ2n) is 6.65. The zero-order valence-corrected chi connectivity index (χ0v) is 13.9. The summed E-state index contributed by atoms with van der Waals surface area (Å²) in [4.78, 5) is 14.6. The number of hydrogen-bond donors (Lipinski definition) is 1. The number of hydrogen-bond acceptors (Lipinski definition) is 3. The van der Waals surface area contributed by atoms with Crippen LogP contribution in [0, 0.1) is 19.8 Å². The number of carbonyl (C=O) groups excluding carboxylic acids is 1. The molecular weight excluding hydrogens is 264 g/mol. The van der Waals surface area contributed by atoms with Crippen LogP contribution in [0.25, 0.3) is 0 Å². The molecule has 21 heavy (non-hydrogen) atoms. The number of rotatable bonds is 3. The molecule has 0 spiro atoms. The molecule has 1 amide bonds. The van der Waals surface area contributed by atoms with Gasteiger partial charge in [-0.25, -0.2) is 0 Å². The predicted molar refractivity (Wildman–Crippen MR) is 83.8 cm³/mol. The third-order valence-corrected chi connectivity index (χ3v) is 4.41. The van der Waals surface area contributed by atoms with Gasteiger partial charge in [-0.1, -0.05) is 13.8 Å². The summed E-state index contributed by atoms with van der Waals surface area (Å²) in [5, 5.41) is 4.51. The van der Waals surface area contributed by atoms with Crippen LogP contribution < -0.4 is 5.73 Å². The van der Waals surface area contributed by atoms with Crippen molar-refractivity contribution in [3.8, 4) is 0 Å². The Balaban J connectivity index is 2.49. The number of aromatic nitrogens is 2. The Morgan fingerprint density at radius 2 is 2.05 bits per heavy atom. The Bertz CT molecular complexity index is 521. The lowest BCUT2D eigenvalue weighted by Gasteiger charge is -2.35. The molecule has 2 unspecified atom stereocenters. The largest absolute Gasteiger partial charge is 0.334 e. The van der Waals surface area contributed by atoms with Crippen LogP contribution >= 0.6 is 0 Å². The van der Waals surface area contributed by atoms with Gasteiger partial charge in [-0.05, 0) is 32.6 Å². The van der Waals surface area contributed by atoms with Gasteiger partial charge in [0.15, 0.2) is 0 Å². The Hall–Kier alpha value is -1.36. The van der Waals surface area contributed by atoms with Crippen molar-refractivity contribution in [2.75, 3.05) is 6.54 Å². The molecule has 2 heterocycles. The second kappa shape index (κ2) is 6.18. The molecule has 0 aliphatic carbocycles. The van der Waals surface area contributed by atoms with Crippen molar-refractivity contribution >= 4 is 5.91 Å². The molecular formula is C16H28N4O. The second-order valence-corrected chi connectivity index (χ2v) is 6.65.